The molecule has 0 radical (unpaired) electrons. The Balaban J connectivity index is 1.97. The van der Waals surface area contributed by atoms with Gasteiger partial charge in [-0.15, -0.1) is 0 Å². The fraction of sp³-hybridized carbons (Fsp3) is 0.444. The maximum atomic E-state index is 5.73. The zero-order chi connectivity index (χ0) is 9.10. The van der Waals surface area contributed by atoms with E-state index in [0.29, 0.717) is 11.1 Å². The molecule has 70 valence electrons. The van der Waals surface area contributed by atoms with Gasteiger partial charge in [0.1, 0.15) is 5.82 Å². The van der Waals surface area contributed by atoms with Crippen LogP contribution in [0.4, 0.5) is 5.82 Å². The maximum absolute atomic E-state index is 5.73. The number of nitrogens with one attached hydrogen (secondary N) is 1. The molecule has 0 aromatic carbocycles. The lowest BCUT2D eigenvalue weighted by atomic mass is 10.2. The third-order valence-corrected chi connectivity index (χ3v) is 3.40. The van der Waals surface area contributed by atoms with Crippen LogP contribution in [0.25, 0.3) is 0 Å². The smallest absolute Gasteiger partial charge is 0.126 e. The molecule has 13 heavy (non-hydrogen) atoms. The van der Waals surface area contributed by atoms with Crippen LogP contribution in [0.2, 0.25) is 5.02 Å². The van der Waals surface area contributed by atoms with Crippen molar-refractivity contribution in [2.75, 3.05) is 16.8 Å². The predicted octanol–water partition coefficient (Wildman–Crippen LogP) is 2.65. The minimum Gasteiger partial charge on any atom is -0.366 e. The Bertz CT molecular complexity index is 269. The normalized spacial score (nSPS) is 21.8. The molecule has 1 aliphatic rings. The number of hydrogen-bond acceptors (Lipinski definition) is 3. The Hall–Kier alpha value is -0.410. The molecule has 2 heterocycles. The van der Waals surface area contributed by atoms with Crippen LogP contribution >= 0.6 is 23.4 Å². The molecule has 0 saturated carbocycles. The molecule has 0 aliphatic carbocycles. The first-order chi connectivity index (χ1) is 6.34. The summed E-state index contributed by atoms with van der Waals surface area (Å²) < 4.78 is 0. The second kappa shape index (κ2) is 4.20. The van der Waals surface area contributed by atoms with Crippen molar-refractivity contribution in [3.63, 3.8) is 0 Å². The van der Waals surface area contributed by atoms with Crippen LogP contribution in [0, 0.1) is 0 Å². The number of hydrogen-bond donors (Lipinski definition) is 1. The van der Waals surface area contributed by atoms with Crippen LogP contribution in [0.5, 0.6) is 0 Å². The molecule has 0 amide bonds. The quantitative estimate of drug-likeness (QED) is 0.820. The molecule has 1 aliphatic heterocycles. The second-order valence-corrected chi connectivity index (χ2v) is 4.65. The summed E-state index contributed by atoms with van der Waals surface area (Å²) in [5, 5.41) is 4.06. The molecule has 1 N–H and O–H groups in total. The molecule has 1 aromatic rings. The fourth-order valence-corrected chi connectivity index (χ4v) is 2.58. The molecule has 1 aromatic heterocycles. The molecule has 0 spiro atoms. The van der Waals surface area contributed by atoms with Gasteiger partial charge in [-0.2, -0.15) is 11.8 Å². The SMILES string of the molecule is Clc1ccc(NC2CCSC2)nc1. The van der Waals surface area contributed by atoms with Gasteiger partial charge in [-0.3, -0.25) is 0 Å². The highest BCUT2D eigenvalue weighted by molar-refractivity contribution is 7.99. The Morgan fingerprint density at radius 2 is 2.46 bits per heavy atom. The molecular formula is C9H11ClN2S. The van der Waals surface area contributed by atoms with Gasteiger partial charge < -0.3 is 5.32 Å². The number of nitrogens with zero attached hydrogens (tertiary/aromatic N) is 1. The van der Waals surface area contributed by atoms with Crippen molar-refractivity contribution in [1.82, 2.24) is 4.98 Å². The van der Waals surface area contributed by atoms with Gasteiger partial charge in [0.05, 0.1) is 5.02 Å². The summed E-state index contributed by atoms with van der Waals surface area (Å²) in [5.74, 6) is 3.37. The van der Waals surface area contributed by atoms with Crippen molar-refractivity contribution in [1.29, 1.82) is 0 Å². The zero-order valence-electron chi connectivity index (χ0n) is 7.16. The van der Waals surface area contributed by atoms with E-state index in [-0.39, 0.29) is 0 Å². The number of anilines is 1. The van der Waals surface area contributed by atoms with Gasteiger partial charge >= 0.3 is 0 Å². The molecule has 2 nitrogen and oxygen atoms in total. The number of thioether (sulfide) groups is 1. The van der Waals surface area contributed by atoms with Crippen LogP contribution in [0.15, 0.2) is 18.3 Å². The van der Waals surface area contributed by atoms with Crippen molar-refractivity contribution < 1.29 is 0 Å². The van der Waals surface area contributed by atoms with E-state index in [9.17, 15) is 0 Å². The summed E-state index contributed by atoms with van der Waals surface area (Å²) in [4.78, 5) is 4.19. The van der Waals surface area contributed by atoms with E-state index < -0.39 is 0 Å². The van der Waals surface area contributed by atoms with Crippen LogP contribution in [0.3, 0.4) is 0 Å². The largest absolute Gasteiger partial charge is 0.366 e. The van der Waals surface area contributed by atoms with Crippen LogP contribution in [-0.4, -0.2) is 22.5 Å². The number of pyridine rings is 1. The lowest BCUT2D eigenvalue weighted by molar-refractivity contribution is 0.807. The highest BCUT2D eigenvalue weighted by atomic mass is 35.5. The van der Waals surface area contributed by atoms with Gasteiger partial charge in [0.15, 0.2) is 0 Å². The Kier molecular flexibility index (Phi) is 2.96. The van der Waals surface area contributed by atoms with E-state index in [1.165, 1.54) is 17.9 Å². The minimum atomic E-state index is 0.582. The van der Waals surface area contributed by atoms with Crippen LogP contribution in [-0.2, 0) is 0 Å². The van der Waals surface area contributed by atoms with Gasteiger partial charge in [-0.1, -0.05) is 11.6 Å². The maximum Gasteiger partial charge on any atom is 0.126 e. The molecule has 0 bridgehead atoms. The van der Waals surface area contributed by atoms with Crippen molar-refractivity contribution in [3.05, 3.63) is 23.4 Å². The molecule has 1 unspecified atom stereocenters. The van der Waals surface area contributed by atoms with Gasteiger partial charge in [-0.25, -0.2) is 4.98 Å². The third kappa shape index (κ3) is 2.51. The van der Waals surface area contributed by atoms with Gasteiger partial charge in [0.25, 0.3) is 0 Å². The predicted molar refractivity (Wildman–Crippen MR) is 58.6 cm³/mol. The highest BCUT2D eigenvalue weighted by Gasteiger charge is 2.14. The first-order valence-corrected chi connectivity index (χ1v) is 5.84. The molecule has 2 rings (SSSR count). The first kappa shape index (κ1) is 9.16. The van der Waals surface area contributed by atoms with Crippen molar-refractivity contribution >= 4 is 29.2 Å². The summed E-state index contributed by atoms with van der Waals surface area (Å²) in [6.07, 6.45) is 2.90. The number of aromatic nitrogens is 1. The minimum absolute atomic E-state index is 0.582. The fourth-order valence-electron chi connectivity index (χ4n) is 1.32. The van der Waals surface area contributed by atoms with Crippen molar-refractivity contribution in [2.24, 2.45) is 0 Å². The standard InChI is InChI=1S/C9H11ClN2S/c10-7-1-2-9(11-5-7)12-8-3-4-13-6-8/h1-2,5,8H,3-4,6H2,(H,11,12). The Morgan fingerprint density at radius 1 is 1.54 bits per heavy atom. The number of halogens is 1. The van der Waals surface area contributed by atoms with Crippen LogP contribution < -0.4 is 5.32 Å². The highest BCUT2D eigenvalue weighted by Crippen LogP contribution is 2.20. The van der Waals surface area contributed by atoms with E-state index in [0.717, 1.165) is 5.82 Å². The number of rotatable bonds is 2. The van der Waals surface area contributed by atoms with Gasteiger partial charge in [0, 0.05) is 18.0 Å². The van der Waals surface area contributed by atoms with Crippen molar-refractivity contribution in [2.45, 2.75) is 12.5 Å². The molecular weight excluding hydrogens is 204 g/mol. The summed E-state index contributed by atoms with van der Waals surface area (Å²) in [6, 6.07) is 4.36. The van der Waals surface area contributed by atoms with E-state index in [1.807, 2.05) is 23.9 Å². The lowest BCUT2D eigenvalue weighted by Gasteiger charge is -2.11. The van der Waals surface area contributed by atoms with Crippen molar-refractivity contribution in [3.8, 4) is 0 Å². The molecule has 1 atom stereocenters. The summed E-state index contributed by atoms with van der Waals surface area (Å²) >= 11 is 7.72. The van der Waals surface area contributed by atoms with E-state index >= 15 is 0 Å². The van der Waals surface area contributed by atoms with Gasteiger partial charge in [0.2, 0.25) is 0 Å². The third-order valence-electron chi connectivity index (χ3n) is 2.01. The first-order valence-electron chi connectivity index (χ1n) is 4.30. The average molecular weight is 215 g/mol. The van der Waals surface area contributed by atoms with E-state index in [4.69, 9.17) is 11.6 Å². The monoisotopic (exact) mass is 214 g/mol. The van der Waals surface area contributed by atoms with E-state index in [2.05, 4.69) is 10.3 Å². The lowest BCUT2D eigenvalue weighted by Crippen LogP contribution is -2.18. The molecule has 4 heteroatoms. The van der Waals surface area contributed by atoms with E-state index in [1.54, 1.807) is 6.20 Å². The molecule has 1 saturated heterocycles. The second-order valence-electron chi connectivity index (χ2n) is 3.07. The Labute approximate surface area is 87.1 Å². The summed E-state index contributed by atoms with van der Waals surface area (Å²) in [6.45, 7) is 0. The molecule has 1 fully saturated rings. The van der Waals surface area contributed by atoms with Crippen LogP contribution in [0.1, 0.15) is 6.42 Å². The average Bonchev–Trinajstić information content (AvgIpc) is 2.62. The van der Waals surface area contributed by atoms with Gasteiger partial charge in [-0.05, 0) is 24.3 Å². The topological polar surface area (TPSA) is 24.9 Å². The zero-order valence-corrected chi connectivity index (χ0v) is 8.74. The Morgan fingerprint density at radius 3 is 3.08 bits per heavy atom. The summed E-state index contributed by atoms with van der Waals surface area (Å²) in [5.41, 5.74) is 0. The summed E-state index contributed by atoms with van der Waals surface area (Å²) in [7, 11) is 0.